The Morgan fingerprint density at radius 2 is 1.87 bits per heavy atom. The second-order valence-corrected chi connectivity index (χ2v) is 8.40. The van der Waals surface area contributed by atoms with Crippen LogP contribution >= 0.6 is 0 Å². The van der Waals surface area contributed by atoms with Gasteiger partial charge in [-0.1, -0.05) is 18.9 Å². The molecule has 30 heavy (non-hydrogen) atoms. The molecule has 0 atom stereocenters. The Bertz CT molecular complexity index is 673. The number of nitrogens with zero attached hydrogens (tertiary/aromatic N) is 4. The Balaban J connectivity index is 1.55. The van der Waals surface area contributed by atoms with Gasteiger partial charge in [0.2, 0.25) is 5.91 Å². The average molecular weight is 415 g/mol. The molecule has 2 saturated heterocycles. The Hall–Kier alpha value is -2.31. The number of nitrogens with one attached hydrogen (secondary N) is 2. The average Bonchev–Trinajstić information content (AvgIpc) is 3.07. The van der Waals surface area contributed by atoms with Crippen LogP contribution in [-0.2, 0) is 11.3 Å². The van der Waals surface area contributed by atoms with Crippen molar-refractivity contribution in [2.75, 3.05) is 44.7 Å². The summed E-state index contributed by atoms with van der Waals surface area (Å²) in [5.41, 5.74) is 1.14. The highest BCUT2D eigenvalue weighted by molar-refractivity contribution is 5.80. The summed E-state index contributed by atoms with van der Waals surface area (Å²) in [5, 5.41) is 6.16. The van der Waals surface area contributed by atoms with Gasteiger partial charge in [0.1, 0.15) is 5.82 Å². The lowest BCUT2D eigenvalue weighted by Gasteiger charge is -2.34. The van der Waals surface area contributed by atoms with Gasteiger partial charge in [-0.3, -0.25) is 4.79 Å². The van der Waals surface area contributed by atoms with Crippen molar-refractivity contribution in [2.24, 2.45) is 10.9 Å². The molecule has 1 amide bonds. The largest absolute Gasteiger partial charge is 0.359 e. The first-order valence-electron chi connectivity index (χ1n) is 11.6. The quantitative estimate of drug-likeness (QED) is 0.553. The topological polar surface area (TPSA) is 72.9 Å². The second kappa shape index (κ2) is 11.8. The first kappa shape index (κ1) is 22.4. The minimum absolute atomic E-state index is 0.144. The predicted octanol–water partition coefficient (Wildman–Crippen LogP) is 2.78. The lowest BCUT2D eigenvalue weighted by atomic mass is 9.93. The summed E-state index contributed by atoms with van der Waals surface area (Å²) in [7, 11) is 1.71. The van der Waals surface area contributed by atoms with Gasteiger partial charge in [0, 0.05) is 52.4 Å². The highest BCUT2D eigenvalue weighted by Gasteiger charge is 2.23. The molecule has 0 saturated carbocycles. The number of hydrogen-bond acceptors (Lipinski definition) is 4. The molecule has 2 aliphatic rings. The van der Waals surface area contributed by atoms with Crippen LogP contribution in [0.25, 0.3) is 0 Å². The van der Waals surface area contributed by atoms with E-state index in [-0.39, 0.29) is 5.91 Å². The number of pyridine rings is 1. The molecule has 2 aliphatic heterocycles. The first-order chi connectivity index (χ1) is 14.7. The Morgan fingerprint density at radius 3 is 2.47 bits per heavy atom. The van der Waals surface area contributed by atoms with Gasteiger partial charge in [0.15, 0.2) is 5.96 Å². The van der Waals surface area contributed by atoms with E-state index < -0.39 is 0 Å². The number of likely N-dealkylation sites (tertiary alicyclic amines) is 1. The van der Waals surface area contributed by atoms with E-state index in [1.165, 1.54) is 25.7 Å². The first-order valence-corrected chi connectivity index (χ1v) is 11.6. The molecule has 0 radical (unpaired) electrons. The van der Waals surface area contributed by atoms with Crippen LogP contribution < -0.4 is 15.5 Å². The van der Waals surface area contributed by atoms with Crippen molar-refractivity contribution in [3.8, 4) is 0 Å². The fourth-order valence-electron chi connectivity index (χ4n) is 4.30. The van der Waals surface area contributed by atoms with E-state index in [1.807, 2.05) is 6.20 Å². The van der Waals surface area contributed by atoms with Crippen LogP contribution in [0.2, 0.25) is 0 Å². The van der Waals surface area contributed by atoms with Gasteiger partial charge in [0.25, 0.3) is 0 Å². The smallest absolute Gasteiger partial charge is 0.220 e. The molecule has 0 spiro atoms. The minimum Gasteiger partial charge on any atom is -0.359 e. The molecule has 3 rings (SSSR count). The van der Waals surface area contributed by atoms with E-state index in [4.69, 9.17) is 9.98 Å². The molecule has 3 heterocycles. The monoisotopic (exact) mass is 414 g/mol. The molecule has 1 aromatic rings. The third-order valence-corrected chi connectivity index (χ3v) is 6.15. The number of carbonyl (C=O) groups excluding carboxylic acids is 1. The number of rotatable bonds is 6. The summed E-state index contributed by atoms with van der Waals surface area (Å²) in [6, 6.07) is 4.31. The molecule has 7 heteroatoms. The molecule has 1 aromatic heterocycles. The van der Waals surface area contributed by atoms with E-state index in [1.54, 1.807) is 7.05 Å². The molecule has 7 nitrogen and oxygen atoms in total. The van der Waals surface area contributed by atoms with Gasteiger partial charge in [-0.2, -0.15) is 0 Å². The highest BCUT2D eigenvalue weighted by atomic mass is 16.1. The molecule has 2 fully saturated rings. The maximum atomic E-state index is 11.6. The van der Waals surface area contributed by atoms with Gasteiger partial charge in [-0.25, -0.2) is 9.98 Å². The van der Waals surface area contributed by atoms with E-state index >= 15 is 0 Å². The zero-order valence-corrected chi connectivity index (χ0v) is 18.7. The van der Waals surface area contributed by atoms with Crippen LogP contribution in [0.4, 0.5) is 5.82 Å². The lowest BCUT2D eigenvalue weighted by molar-refractivity contribution is -0.121. The summed E-state index contributed by atoms with van der Waals surface area (Å²) in [6.45, 7) is 7.71. The number of guanidine groups is 1. The number of piperidine rings is 1. The Morgan fingerprint density at radius 1 is 1.13 bits per heavy atom. The van der Waals surface area contributed by atoms with Crippen LogP contribution in [0, 0.1) is 5.92 Å². The number of aromatic nitrogens is 1. The van der Waals surface area contributed by atoms with Crippen LogP contribution in [0.1, 0.15) is 57.4 Å². The van der Waals surface area contributed by atoms with Gasteiger partial charge in [-0.15, -0.1) is 0 Å². The van der Waals surface area contributed by atoms with Crippen LogP contribution in [0.15, 0.2) is 23.3 Å². The predicted molar refractivity (Wildman–Crippen MR) is 123 cm³/mol. The second-order valence-electron chi connectivity index (χ2n) is 8.40. The van der Waals surface area contributed by atoms with Crippen LogP contribution in [-0.4, -0.2) is 61.5 Å². The van der Waals surface area contributed by atoms with Crippen LogP contribution in [0.3, 0.4) is 0 Å². The minimum atomic E-state index is 0.144. The maximum absolute atomic E-state index is 11.6. The van der Waals surface area contributed by atoms with Crippen molar-refractivity contribution in [1.82, 2.24) is 20.5 Å². The number of anilines is 1. The summed E-state index contributed by atoms with van der Waals surface area (Å²) < 4.78 is 0. The molecule has 0 unspecified atom stereocenters. The van der Waals surface area contributed by atoms with Crippen molar-refractivity contribution >= 4 is 17.7 Å². The van der Waals surface area contributed by atoms with E-state index in [0.717, 1.165) is 62.9 Å². The van der Waals surface area contributed by atoms with Crippen LogP contribution in [0.5, 0.6) is 0 Å². The molecule has 0 aliphatic carbocycles. The van der Waals surface area contributed by atoms with Crippen molar-refractivity contribution in [3.05, 3.63) is 23.9 Å². The third kappa shape index (κ3) is 6.61. The van der Waals surface area contributed by atoms with E-state index in [9.17, 15) is 4.79 Å². The zero-order valence-electron chi connectivity index (χ0n) is 18.7. The normalized spacial score (nSPS) is 18.8. The molecule has 166 valence electrons. The Labute approximate surface area is 181 Å². The SMILES string of the molecule is CCNC(=NCc1ccc(N2CCCCCC2)nc1)N1CCC(CC(=O)NC)CC1. The summed E-state index contributed by atoms with van der Waals surface area (Å²) in [4.78, 5) is 25.9. The highest BCUT2D eigenvalue weighted by Crippen LogP contribution is 2.21. The van der Waals surface area contributed by atoms with Crippen molar-refractivity contribution in [3.63, 3.8) is 0 Å². The number of carbonyl (C=O) groups is 1. The van der Waals surface area contributed by atoms with Gasteiger partial charge in [0.05, 0.1) is 6.54 Å². The number of amides is 1. The standard InChI is InChI=1S/C23H38N6O/c1-3-25-23(29-14-10-19(11-15-29)16-22(30)24-2)27-18-20-8-9-21(26-17-20)28-12-6-4-5-7-13-28/h8-9,17,19H,3-7,10-16,18H2,1-2H3,(H,24,30)(H,25,27). The zero-order chi connectivity index (χ0) is 21.2. The van der Waals surface area contributed by atoms with Crippen molar-refractivity contribution < 1.29 is 4.79 Å². The fourth-order valence-corrected chi connectivity index (χ4v) is 4.30. The maximum Gasteiger partial charge on any atom is 0.220 e. The van der Waals surface area contributed by atoms with Crippen molar-refractivity contribution in [2.45, 2.75) is 58.4 Å². The molecule has 0 aromatic carbocycles. The fraction of sp³-hybridized carbons (Fsp3) is 0.696. The van der Waals surface area contributed by atoms with Gasteiger partial charge < -0.3 is 20.4 Å². The Kier molecular flexibility index (Phi) is 8.78. The number of hydrogen-bond donors (Lipinski definition) is 2. The third-order valence-electron chi connectivity index (χ3n) is 6.15. The molecular weight excluding hydrogens is 376 g/mol. The van der Waals surface area contributed by atoms with E-state index in [2.05, 4.69) is 39.5 Å². The van der Waals surface area contributed by atoms with Gasteiger partial charge in [-0.05, 0) is 50.2 Å². The molecule has 2 N–H and O–H groups in total. The molecule has 0 bridgehead atoms. The molecular formula is C23H38N6O. The summed E-state index contributed by atoms with van der Waals surface area (Å²) in [6.07, 6.45) is 9.86. The van der Waals surface area contributed by atoms with E-state index in [0.29, 0.717) is 18.9 Å². The summed E-state index contributed by atoms with van der Waals surface area (Å²) >= 11 is 0. The lowest BCUT2D eigenvalue weighted by Crippen LogP contribution is -2.46. The van der Waals surface area contributed by atoms with Crippen molar-refractivity contribution in [1.29, 1.82) is 0 Å². The number of aliphatic imine (C=N–C) groups is 1. The summed E-state index contributed by atoms with van der Waals surface area (Å²) in [5.74, 6) is 2.67. The van der Waals surface area contributed by atoms with Gasteiger partial charge >= 0.3 is 0 Å².